The quantitative estimate of drug-likeness (QED) is 0.282. The van der Waals surface area contributed by atoms with E-state index in [2.05, 4.69) is 47.8 Å². The molecule has 172 valence electrons. The molecule has 4 rings (SSSR count). The minimum atomic E-state index is -0.364. The van der Waals surface area contributed by atoms with Crippen molar-refractivity contribution in [3.05, 3.63) is 103 Å². The van der Waals surface area contributed by atoms with E-state index in [1.165, 1.54) is 0 Å². The van der Waals surface area contributed by atoms with Crippen molar-refractivity contribution in [2.75, 3.05) is 16.0 Å². The molecule has 3 aromatic carbocycles. The van der Waals surface area contributed by atoms with Crippen molar-refractivity contribution < 1.29 is 9.53 Å². The highest BCUT2D eigenvalue weighted by atomic mass is 16.5. The molecule has 1 heterocycles. The lowest BCUT2D eigenvalue weighted by molar-refractivity contribution is 0.262. The minimum absolute atomic E-state index is 0.0419. The lowest BCUT2D eigenvalue weighted by Crippen LogP contribution is -2.20. The summed E-state index contributed by atoms with van der Waals surface area (Å²) in [6.45, 7) is 6.48. The van der Waals surface area contributed by atoms with E-state index in [0.717, 1.165) is 17.0 Å². The minimum Gasteiger partial charge on any atom is -0.457 e. The number of anilines is 4. The third kappa shape index (κ3) is 5.92. The second kappa shape index (κ2) is 10.1. The number of nitrogens with zero attached hydrogens (tertiary/aromatic N) is 1. The smallest absolute Gasteiger partial charge is 0.323 e. The maximum Gasteiger partial charge on any atom is 0.323 e. The SMILES string of the molecule is CC(C)(C)c1ccccc1Nc1ncccc1NC(=O)Nc1ccc(Oc2ccccc2)cc1. The number of urea groups is 1. The van der Waals surface area contributed by atoms with Gasteiger partial charge in [-0.15, -0.1) is 0 Å². The summed E-state index contributed by atoms with van der Waals surface area (Å²) in [6.07, 6.45) is 1.69. The van der Waals surface area contributed by atoms with Gasteiger partial charge in [-0.3, -0.25) is 0 Å². The Labute approximate surface area is 200 Å². The van der Waals surface area contributed by atoms with Gasteiger partial charge in [0.15, 0.2) is 5.82 Å². The summed E-state index contributed by atoms with van der Waals surface area (Å²) < 4.78 is 5.79. The number of amides is 2. The molecule has 0 fully saturated rings. The highest BCUT2D eigenvalue weighted by molar-refractivity contribution is 6.01. The zero-order valence-electron chi connectivity index (χ0n) is 19.5. The van der Waals surface area contributed by atoms with Crippen molar-refractivity contribution in [3.8, 4) is 11.5 Å². The van der Waals surface area contributed by atoms with Gasteiger partial charge in [-0.1, -0.05) is 57.2 Å². The third-order valence-corrected chi connectivity index (χ3v) is 5.14. The van der Waals surface area contributed by atoms with E-state index in [1.54, 1.807) is 24.4 Å². The molecule has 0 spiro atoms. The van der Waals surface area contributed by atoms with E-state index in [4.69, 9.17) is 4.74 Å². The fourth-order valence-corrected chi connectivity index (χ4v) is 3.50. The molecule has 0 saturated carbocycles. The Kier molecular flexibility index (Phi) is 6.78. The first-order valence-corrected chi connectivity index (χ1v) is 11.1. The number of aromatic nitrogens is 1. The molecule has 0 aliphatic heterocycles. The van der Waals surface area contributed by atoms with Crippen LogP contribution in [0.1, 0.15) is 26.3 Å². The fourth-order valence-electron chi connectivity index (χ4n) is 3.50. The van der Waals surface area contributed by atoms with Crippen molar-refractivity contribution >= 4 is 28.9 Å². The Morgan fingerprint density at radius 1 is 0.735 bits per heavy atom. The number of carbonyl (C=O) groups is 1. The molecular weight excluding hydrogens is 424 g/mol. The molecule has 0 atom stereocenters. The third-order valence-electron chi connectivity index (χ3n) is 5.14. The number of pyridine rings is 1. The van der Waals surface area contributed by atoms with Gasteiger partial charge in [-0.05, 0) is 65.6 Å². The lowest BCUT2D eigenvalue weighted by Gasteiger charge is -2.23. The average molecular weight is 453 g/mol. The molecule has 0 aliphatic carbocycles. The molecule has 0 radical (unpaired) electrons. The number of hydrogen-bond acceptors (Lipinski definition) is 4. The summed E-state index contributed by atoms with van der Waals surface area (Å²) >= 11 is 0. The van der Waals surface area contributed by atoms with Gasteiger partial charge in [0.1, 0.15) is 11.5 Å². The van der Waals surface area contributed by atoms with Crippen LogP contribution < -0.4 is 20.7 Å². The van der Waals surface area contributed by atoms with Gasteiger partial charge in [0.25, 0.3) is 0 Å². The maximum absolute atomic E-state index is 12.7. The van der Waals surface area contributed by atoms with E-state index in [-0.39, 0.29) is 11.4 Å². The van der Waals surface area contributed by atoms with E-state index in [9.17, 15) is 4.79 Å². The molecule has 0 aliphatic rings. The largest absolute Gasteiger partial charge is 0.457 e. The summed E-state index contributed by atoms with van der Waals surface area (Å²) in [6, 6.07) is 28.1. The predicted molar refractivity (Wildman–Crippen MR) is 138 cm³/mol. The van der Waals surface area contributed by atoms with E-state index < -0.39 is 0 Å². The number of carbonyl (C=O) groups excluding carboxylic acids is 1. The molecule has 34 heavy (non-hydrogen) atoms. The van der Waals surface area contributed by atoms with E-state index in [0.29, 0.717) is 22.9 Å². The average Bonchev–Trinajstić information content (AvgIpc) is 2.82. The normalized spacial score (nSPS) is 10.9. The topological polar surface area (TPSA) is 75.3 Å². The van der Waals surface area contributed by atoms with Gasteiger partial charge in [0, 0.05) is 17.6 Å². The van der Waals surface area contributed by atoms with Crippen LogP contribution in [-0.2, 0) is 5.41 Å². The predicted octanol–water partition coefficient (Wildman–Crippen LogP) is 7.56. The highest BCUT2D eigenvalue weighted by Crippen LogP contribution is 2.32. The maximum atomic E-state index is 12.7. The Hall–Kier alpha value is -4.32. The number of nitrogens with one attached hydrogen (secondary N) is 3. The molecule has 0 bridgehead atoms. The van der Waals surface area contributed by atoms with Crippen LogP contribution in [0.15, 0.2) is 97.2 Å². The van der Waals surface area contributed by atoms with Crippen LogP contribution in [0.5, 0.6) is 11.5 Å². The summed E-state index contributed by atoms with van der Waals surface area (Å²) in [7, 11) is 0. The molecule has 1 aromatic heterocycles. The number of ether oxygens (including phenoxy) is 1. The van der Waals surface area contributed by atoms with Gasteiger partial charge in [-0.25, -0.2) is 9.78 Å². The summed E-state index contributed by atoms with van der Waals surface area (Å²) in [4.78, 5) is 17.1. The van der Waals surface area contributed by atoms with E-state index >= 15 is 0 Å². The van der Waals surface area contributed by atoms with Crippen LogP contribution >= 0.6 is 0 Å². The highest BCUT2D eigenvalue weighted by Gasteiger charge is 2.18. The Morgan fingerprint density at radius 2 is 1.38 bits per heavy atom. The lowest BCUT2D eigenvalue weighted by atomic mass is 9.86. The molecule has 2 amide bonds. The molecule has 0 saturated heterocycles. The summed E-state index contributed by atoms with van der Waals surface area (Å²) in [5, 5.41) is 9.11. The molecule has 6 heteroatoms. The van der Waals surface area contributed by atoms with E-state index in [1.807, 2.05) is 66.7 Å². The first-order valence-electron chi connectivity index (χ1n) is 11.1. The van der Waals surface area contributed by atoms with Gasteiger partial charge in [-0.2, -0.15) is 0 Å². The van der Waals surface area contributed by atoms with Gasteiger partial charge in [0.05, 0.1) is 5.69 Å². The van der Waals surface area contributed by atoms with Crippen molar-refractivity contribution in [3.63, 3.8) is 0 Å². The van der Waals surface area contributed by atoms with Crippen LogP contribution in [0.2, 0.25) is 0 Å². The summed E-state index contributed by atoms with van der Waals surface area (Å²) in [5.41, 5.74) is 3.29. The van der Waals surface area contributed by atoms with Crippen LogP contribution in [0.3, 0.4) is 0 Å². The molecule has 0 unspecified atom stereocenters. The number of hydrogen-bond donors (Lipinski definition) is 3. The zero-order valence-corrected chi connectivity index (χ0v) is 19.5. The molecular formula is C28H28N4O2. The van der Waals surface area contributed by atoms with Crippen molar-refractivity contribution in [1.82, 2.24) is 4.98 Å². The Bertz CT molecular complexity index is 1250. The monoisotopic (exact) mass is 452 g/mol. The van der Waals surface area contributed by atoms with Crippen LogP contribution in [0.4, 0.5) is 27.7 Å². The number of benzene rings is 3. The van der Waals surface area contributed by atoms with Crippen LogP contribution in [-0.4, -0.2) is 11.0 Å². The van der Waals surface area contributed by atoms with Gasteiger partial charge >= 0.3 is 6.03 Å². The molecule has 3 N–H and O–H groups in total. The molecule has 6 nitrogen and oxygen atoms in total. The standard InChI is InChI=1S/C28H28N4O2/c1-28(2,3)23-12-7-8-13-24(23)31-26-25(14-9-19-29-26)32-27(33)30-20-15-17-22(18-16-20)34-21-10-5-4-6-11-21/h4-19H,1-3H3,(H,29,31)(H2,30,32,33). The second-order valence-corrected chi connectivity index (χ2v) is 8.84. The fraction of sp³-hybridized carbons (Fsp3) is 0.143. The second-order valence-electron chi connectivity index (χ2n) is 8.84. The van der Waals surface area contributed by atoms with Crippen molar-refractivity contribution in [1.29, 1.82) is 0 Å². The first kappa shape index (κ1) is 22.9. The zero-order chi connectivity index (χ0) is 24.0. The van der Waals surface area contributed by atoms with Crippen molar-refractivity contribution in [2.45, 2.75) is 26.2 Å². The first-order chi connectivity index (χ1) is 16.4. The number of para-hydroxylation sites is 2. The Balaban J connectivity index is 1.43. The summed E-state index contributed by atoms with van der Waals surface area (Å²) in [5.74, 6) is 2.01. The number of rotatable bonds is 6. The van der Waals surface area contributed by atoms with Gasteiger partial charge in [0.2, 0.25) is 0 Å². The Morgan fingerprint density at radius 3 is 2.12 bits per heavy atom. The molecule has 4 aromatic rings. The van der Waals surface area contributed by atoms with Gasteiger partial charge < -0.3 is 20.7 Å². The van der Waals surface area contributed by atoms with Crippen LogP contribution in [0, 0.1) is 0 Å². The van der Waals surface area contributed by atoms with Crippen molar-refractivity contribution in [2.24, 2.45) is 0 Å². The van der Waals surface area contributed by atoms with Crippen LogP contribution in [0.25, 0.3) is 0 Å².